The third-order valence-electron chi connectivity index (χ3n) is 4.46. The van der Waals surface area contributed by atoms with Crippen molar-refractivity contribution >= 4 is 17.5 Å². The maximum absolute atomic E-state index is 12.5. The Kier molecular flexibility index (Phi) is 4.84. The Morgan fingerprint density at radius 3 is 2.61 bits per heavy atom. The first-order valence-electron chi connectivity index (χ1n) is 8.60. The first-order chi connectivity index (χ1) is 11.1. The van der Waals surface area contributed by atoms with Crippen LogP contribution in [0.15, 0.2) is 24.3 Å². The molecule has 3 rings (SSSR count). The SMILES string of the molecule is CC(Nc1cccc(C(=O)NC2CC2)c1)C(=O)N1CCCCC1. The Morgan fingerprint density at radius 1 is 1.17 bits per heavy atom. The predicted molar refractivity (Wildman–Crippen MR) is 90.4 cm³/mol. The van der Waals surface area contributed by atoms with Gasteiger partial charge in [-0.15, -0.1) is 0 Å². The van der Waals surface area contributed by atoms with E-state index < -0.39 is 0 Å². The van der Waals surface area contributed by atoms with Gasteiger partial charge in [0.25, 0.3) is 5.91 Å². The summed E-state index contributed by atoms with van der Waals surface area (Å²) in [6, 6.07) is 7.43. The maximum atomic E-state index is 12.5. The van der Waals surface area contributed by atoms with Crippen molar-refractivity contribution < 1.29 is 9.59 Å². The summed E-state index contributed by atoms with van der Waals surface area (Å²) in [5.74, 6) is 0.101. The molecule has 1 aliphatic carbocycles. The number of likely N-dealkylation sites (tertiary alicyclic amines) is 1. The second-order valence-electron chi connectivity index (χ2n) is 6.58. The Hall–Kier alpha value is -2.04. The van der Waals surface area contributed by atoms with Gasteiger partial charge in [0, 0.05) is 30.4 Å². The highest BCUT2D eigenvalue weighted by Crippen LogP contribution is 2.20. The standard InChI is InChI=1S/C18H25N3O2/c1-13(18(23)21-10-3-2-4-11-21)19-16-7-5-6-14(12-16)17(22)20-15-8-9-15/h5-7,12-13,15,19H,2-4,8-11H2,1H3,(H,20,22). The maximum Gasteiger partial charge on any atom is 0.251 e. The smallest absolute Gasteiger partial charge is 0.251 e. The fourth-order valence-corrected chi connectivity index (χ4v) is 2.95. The molecule has 1 aromatic rings. The number of rotatable bonds is 5. The van der Waals surface area contributed by atoms with Crippen molar-refractivity contribution in [2.75, 3.05) is 18.4 Å². The summed E-state index contributed by atoms with van der Waals surface area (Å²) < 4.78 is 0. The van der Waals surface area contributed by atoms with Gasteiger partial charge in [-0.3, -0.25) is 9.59 Å². The molecule has 5 heteroatoms. The van der Waals surface area contributed by atoms with Gasteiger partial charge >= 0.3 is 0 Å². The molecule has 23 heavy (non-hydrogen) atoms. The summed E-state index contributed by atoms with van der Waals surface area (Å²) in [6.45, 7) is 3.59. The van der Waals surface area contributed by atoms with Crippen molar-refractivity contribution in [3.8, 4) is 0 Å². The highest BCUT2D eigenvalue weighted by atomic mass is 16.2. The van der Waals surface area contributed by atoms with Crippen LogP contribution in [0.2, 0.25) is 0 Å². The summed E-state index contributed by atoms with van der Waals surface area (Å²) in [5, 5.41) is 6.22. The van der Waals surface area contributed by atoms with Crippen molar-refractivity contribution in [1.29, 1.82) is 0 Å². The molecule has 2 fully saturated rings. The third-order valence-corrected chi connectivity index (χ3v) is 4.46. The lowest BCUT2D eigenvalue weighted by atomic mass is 10.1. The van der Waals surface area contributed by atoms with Crippen LogP contribution >= 0.6 is 0 Å². The summed E-state index contributed by atoms with van der Waals surface area (Å²) >= 11 is 0. The zero-order chi connectivity index (χ0) is 16.2. The van der Waals surface area contributed by atoms with E-state index in [2.05, 4.69) is 10.6 Å². The molecule has 2 N–H and O–H groups in total. The molecule has 1 saturated carbocycles. The number of anilines is 1. The van der Waals surface area contributed by atoms with Crippen LogP contribution in [0.25, 0.3) is 0 Å². The van der Waals surface area contributed by atoms with Gasteiger partial charge in [-0.05, 0) is 57.2 Å². The zero-order valence-electron chi connectivity index (χ0n) is 13.7. The van der Waals surface area contributed by atoms with Crippen LogP contribution in [0.3, 0.4) is 0 Å². The molecule has 0 bridgehead atoms. The summed E-state index contributed by atoms with van der Waals surface area (Å²) in [4.78, 5) is 26.5. The van der Waals surface area contributed by atoms with Gasteiger partial charge in [-0.1, -0.05) is 6.07 Å². The number of nitrogens with one attached hydrogen (secondary N) is 2. The summed E-state index contributed by atoms with van der Waals surface area (Å²) in [6.07, 6.45) is 5.55. The molecule has 1 atom stereocenters. The second-order valence-corrected chi connectivity index (χ2v) is 6.58. The summed E-state index contributed by atoms with van der Waals surface area (Å²) in [7, 11) is 0. The molecular weight excluding hydrogens is 290 g/mol. The Balaban J connectivity index is 1.59. The molecule has 1 aliphatic heterocycles. The van der Waals surface area contributed by atoms with E-state index in [0.717, 1.165) is 44.5 Å². The van der Waals surface area contributed by atoms with Crippen LogP contribution in [0, 0.1) is 0 Å². The van der Waals surface area contributed by atoms with E-state index in [1.54, 1.807) is 6.07 Å². The van der Waals surface area contributed by atoms with Gasteiger partial charge in [0.05, 0.1) is 0 Å². The molecule has 0 radical (unpaired) electrons. The lowest BCUT2D eigenvalue weighted by Crippen LogP contribution is -2.43. The molecule has 1 aromatic carbocycles. The molecule has 0 spiro atoms. The topological polar surface area (TPSA) is 61.4 Å². The van der Waals surface area contributed by atoms with Crippen molar-refractivity contribution in [3.05, 3.63) is 29.8 Å². The molecule has 2 amide bonds. The average Bonchev–Trinajstić information content (AvgIpc) is 3.39. The average molecular weight is 315 g/mol. The molecule has 2 aliphatic rings. The molecule has 1 unspecified atom stereocenters. The van der Waals surface area contributed by atoms with Crippen molar-refractivity contribution in [1.82, 2.24) is 10.2 Å². The normalized spacial score (nSPS) is 19.1. The zero-order valence-corrected chi connectivity index (χ0v) is 13.7. The number of benzene rings is 1. The van der Waals surface area contributed by atoms with E-state index in [0.29, 0.717) is 11.6 Å². The molecule has 0 aromatic heterocycles. The van der Waals surface area contributed by atoms with Gasteiger partial charge in [0.15, 0.2) is 0 Å². The monoisotopic (exact) mass is 315 g/mol. The van der Waals surface area contributed by atoms with Gasteiger partial charge in [0.2, 0.25) is 5.91 Å². The molecule has 5 nitrogen and oxygen atoms in total. The van der Waals surface area contributed by atoms with Gasteiger partial charge in [0.1, 0.15) is 6.04 Å². The van der Waals surface area contributed by atoms with E-state index in [1.807, 2.05) is 30.0 Å². The minimum atomic E-state index is -0.283. The number of carbonyl (C=O) groups is 2. The lowest BCUT2D eigenvalue weighted by molar-refractivity contribution is -0.132. The van der Waals surface area contributed by atoms with Crippen LogP contribution in [0.4, 0.5) is 5.69 Å². The Labute approximate surface area is 137 Å². The van der Waals surface area contributed by atoms with Crippen LogP contribution in [-0.4, -0.2) is 41.9 Å². The van der Waals surface area contributed by atoms with E-state index >= 15 is 0 Å². The quantitative estimate of drug-likeness (QED) is 0.877. The number of amides is 2. The number of hydrogen-bond donors (Lipinski definition) is 2. The van der Waals surface area contributed by atoms with Gasteiger partial charge < -0.3 is 15.5 Å². The third kappa shape index (κ3) is 4.24. The molecule has 124 valence electrons. The van der Waals surface area contributed by atoms with Gasteiger partial charge in [-0.2, -0.15) is 0 Å². The van der Waals surface area contributed by atoms with Crippen LogP contribution in [0.1, 0.15) is 49.4 Å². The second kappa shape index (κ2) is 7.02. The molecule has 1 saturated heterocycles. The van der Waals surface area contributed by atoms with Crippen LogP contribution in [0.5, 0.6) is 0 Å². The Bertz CT molecular complexity index is 577. The van der Waals surface area contributed by atoms with Gasteiger partial charge in [-0.25, -0.2) is 0 Å². The first kappa shape index (κ1) is 15.8. The van der Waals surface area contributed by atoms with Crippen molar-refractivity contribution in [2.24, 2.45) is 0 Å². The van der Waals surface area contributed by atoms with Crippen LogP contribution in [-0.2, 0) is 4.79 Å². The lowest BCUT2D eigenvalue weighted by Gasteiger charge is -2.29. The highest BCUT2D eigenvalue weighted by Gasteiger charge is 2.24. The largest absolute Gasteiger partial charge is 0.374 e. The summed E-state index contributed by atoms with van der Waals surface area (Å²) in [5.41, 5.74) is 1.45. The number of nitrogens with zero attached hydrogens (tertiary/aromatic N) is 1. The van der Waals surface area contributed by atoms with Crippen molar-refractivity contribution in [2.45, 2.75) is 51.1 Å². The number of piperidine rings is 1. The van der Waals surface area contributed by atoms with E-state index in [-0.39, 0.29) is 17.9 Å². The van der Waals surface area contributed by atoms with E-state index in [4.69, 9.17) is 0 Å². The fraction of sp³-hybridized carbons (Fsp3) is 0.556. The highest BCUT2D eigenvalue weighted by molar-refractivity contribution is 5.95. The number of carbonyl (C=O) groups excluding carboxylic acids is 2. The minimum absolute atomic E-state index is 0.0360. The molecular formula is C18H25N3O2. The van der Waals surface area contributed by atoms with E-state index in [1.165, 1.54) is 6.42 Å². The Morgan fingerprint density at radius 2 is 1.91 bits per heavy atom. The first-order valence-corrected chi connectivity index (χ1v) is 8.60. The number of hydrogen-bond acceptors (Lipinski definition) is 3. The fourth-order valence-electron chi connectivity index (χ4n) is 2.95. The van der Waals surface area contributed by atoms with Crippen LogP contribution < -0.4 is 10.6 Å². The molecule has 1 heterocycles. The van der Waals surface area contributed by atoms with E-state index in [9.17, 15) is 9.59 Å². The van der Waals surface area contributed by atoms with Crippen molar-refractivity contribution in [3.63, 3.8) is 0 Å². The predicted octanol–water partition coefficient (Wildman–Crippen LogP) is 2.39. The minimum Gasteiger partial charge on any atom is -0.374 e.